The predicted molar refractivity (Wildman–Crippen MR) is 137 cm³/mol. The van der Waals surface area contributed by atoms with Crippen LogP contribution in [0.25, 0.3) is 0 Å². The van der Waals surface area contributed by atoms with Crippen LogP contribution >= 0.6 is 0 Å². The Morgan fingerprint density at radius 2 is 1.89 bits per heavy atom. The maximum atomic E-state index is 12.3. The topological polar surface area (TPSA) is 109 Å². The van der Waals surface area contributed by atoms with Gasteiger partial charge in [-0.25, -0.2) is 0 Å². The van der Waals surface area contributed by atoms with E-state index in [9.17, 15) is 14.4 Å². The second kappa shape index (κ2) is 13.0. The molecule has 2 aromatic rings. The number of aryl methyl sites for hydroxylation is 1. The molecule has 0 aliphatic carbocycles. The van der Waals surface area contributed by atoms with Gasteiger partial charge in [0, 0.05) is 56.8 Å². The normalized spacial score (nSPS) is 15.5. The van der Waals surface area contributed by atoms with Crippen molar-refractivity contribution in [2.45, 2.75) is 38.6 Å². The van der Waals surface area contributed by atoms with Gasteiger partial charge >= 0.3 is 0 Å². The number of hydrogen-bond donors (Lipinski definition) is 3. The summed E-state index contributed by atoms with van der Waals surface area (Å²) in [6, 6.07) is 13.2. The zero-order valence-corrected chi connectivity index (χ0v) is 20.5. The van der Waals surface area contributed by atoms with E-state index in [2.05, 4.69) is 20.9 Å². The summed E-state index contributed by atoms with van der Waals surface area (Å²) in [7, 11) is 0. The van der Waals surface area contributed by atoms with E-state index in [4.69, 9.17) is 9.47 Å². The Morgan fingerprint density at radius 3 is 2.75 bits per heavy atom. The van der Waals surface area contributed by atoms with Crippen molar-refractivity contribution in [2.24, 2.45) is 0 Å². The molecule has 0 saturated carbocycles. The van der Waals surface area contributed by atoms with Crippen LogP contribution in [0.1, 0.15) is 36.8 Å². The third-order valence-corrected chi connectivity index (χ3v) is 6.25. The lowest BCUT2D eigenvalue weighted by Crippen LogP contribution is -2.38. The van der Waals surface area contributed by atoms with Crippen molar-refractivity contribution in [3.05, 3.63) is 53.6 Å². The number of nitrogens with zero attached hydrogens (tertiary/aromatic N) is 1. The quantitative estimate of drug-likeness (QED) is 0.415. The minimum Gasteiger partial charge on any atom is -0.494 e. The third-order valence-electron chi connectivity index (χ3n) is 6.25. The van der Waals surface area contributed by atoms with E-state index in [0.29, 0.717) is 45.3 Å². The van der Waals surface area contributed by atoms with Gasteiger partial charge < -0.3 is 25.4 Å². The molecule has 1 saturated heterocycles. The summed E-state index contributed by atoms with van der Waals surface area (Å²) in [5.74, 6) is 0.713. The molecule has 2 aliphatic rings. The summed E-state index contributed by atoms with van der Waals surface area (Å²) in [5, 5.41) is 8.72. The molecule has 0 unspecified atom stereocenters. The number of morpholine rings is 1. The van der Waals surface area contributed by atoms with Gasteiger partial charge in [0.05, 0.1) is 19.8 Å². The zero-order chi connectivity index (χ0) is 25.2. The van der Waals surface area contributed by atoms with Crippen LogP contribution < -0.4 is 20.7 Å². The van der Waals surface area contributed by atoms with Crippen LogP contribution in [0.4, 0.5) is 11.4 Å². The molecule has 0 bridgehead atoms. The van der Waals surface area contributed by atoms with Gasteiger partial charge in [0.1, 0.15) is 5.75 Å². The molecule has 2 aromatic carbocycles. The monoisotopic (exact) mass is 494 g/mol. The van der Waals surface area contributed by atoms with Crippen LogP contribution in [0, 0.1) is 0 Å². The van der Waals surface area contributed by atoms with Gasteiger partial charge in [-0.15, -0.1) is 0 Å². The van der Waals surface area contributed by atoms with Crippen LogP contribution in [-0.2, 0) is 32.1 Å². The Bertz CT molecular complexity index is 1070. The number of benzene rings is 2. The van der Waals surface area contributed by atoms with Gasteiger partial charge in [0.2, 0.25) is 17.7 Å². The number of anilines is 2. The molecule has 0 atom stereocenters. The second-order valence-corrected chi connectivity index (χ2v) is 9.05. The van der Waals surface area contributed by atoms with Crippen LogP contribution in [-0.4, -0.2) is 62.1 Å². The summed E-state index contributed by atoms with van der Waals surface area (Å²) in [5.41, 5.74) is 3.56. The molecule has 9 nitrogen and oxygen atoms in total. The number of rotatable bonds is 11. The molecule has 0 aromatic heterocycles. The van der Waals surface area contributed by atoms with E-state index in [1.807, 2.05) is 42.5 Å². The molecule has 3 N–H and O–H groups in total. The fraction of sp³-hybridized carbons (Fsp3) is 0.444. The summed E-state index contributed by atoms with van der Waals surface area (Å²) < 4.78 is 11.1. The molecular formula is C27H34N4O5. The Hall–Kier alpha value is -3.43. The van der Waals surface area contributed by atoms with E-state index in [-0.39, 0.29) is 17.7 Å². The highest BCUT2D eigenvalue weighted by Crippen LogP contribution is 2.26. The first-order valence-corrected chi connectivity index (χ1v) is 12.6. The number of carbonyl (C=O) groups excluding carboxylic acids is 3. The lowest BCUT2D eigenvalue weighted by molar-refractivity contribution is -0.121. The molecule has 2 aliphatic heterocycles. The molecule has 4 rings (SSSR count). The van der Waals surface area contributed by atoms with E-state index in [0.717, 1.165) is 61.1 Å². The second-order valence-electron chi connectivity index (χ2n) is 9.05. The average Bonchev–Trinajstić information content (AvgIpc) is 2.89. The van der Waals surface area contributed by atoms with E-state index in [1.54, 1.807) is 0 Å². The first-order valence-electron chi connectivity index (χ1n) is 12.6. The van der Waals surface area contributed by atoms with E-state index >= 15 is 0 Å². The minimum absolute atomic E-state index is 0.0219. The van der Waals surface area contributed by atoms with Crippen molar-refractivity contribution in [1.82, 2.24) is 10.2 Å². The van der Waals surface area contributed by atoms with Crippen LogP contribution in [0.15, 0.2) is 42.5 Å². The number of amides is 3. The zero-order valence-electron chi connectivity index (χ0n) is 20.5. The Kier molecular flexibility index (Phi) is 9.29. The molecule has 36 heavy (non-hydrogen) atoms. The molecule has 2 heterocycles. The van der Waals surface area contributed by atoms with Crippen molar-refractivity contribution in [2.75, 3.05) is 50.1 Å². The van der Waals surface area contributed by atoms with E-state index < -0.39 is 0 Å². The highest BCUT2D eigenvalue weighted by molar-refractivity contribution is 5.94. The van der Waals surface area contributed by atoms with Crippen molar-refractivity contribution in [3.8, 4) is 5.75 Å². The molecule has 0 radical (unpaired) electrons. The van der Waals surface area contributed by atoms with Crippen LogP contribution in [0.2, 0.25) is 0 Å². The van der Waals surface area contributed by atoms with Gasteiger partial charge in [0.25, 0.3) is 0 Å². The highest BCUT2D eigenvalue weighted by atomic mass is 16.5. The maximum absolute atomic E-state index is 12.3. The van der Waals surface area contributed by atoms with Crippen LogP contribution in [0.3, 0.4) is 0 Å². The smallest absolute Gasteiger partial charge is 0.225 e. The Morgan fingerprint density at radius 1 is 1.03 bits per heavy atom. The van der Waals surface area contributed by atoms with Crippen molar-refractivity contribution in [1.29, 1.82) is 0 Å². The Labute approximate surface area is 211 Å². The van der Waals surface area contributed by atoms with Crippen molar-refractivity contribution >= 4 is 29.1 Å². The average molecular weight is 495 g/mol. The Balaban J connectivity index is 1.12. The number of nitrogens with one attached hydrogen (secondary N) is 3. The maximum Gasteiger partial charge on any atom is 0.225 e. The number of carbonyl (C=O) groups is 3. The molecule has 9 heteroatoms. The standard InChI is InChI=1S/C27H34N4O5/c32-25(5-2-14-36-23-7-8-24-21(18-23)6-9-26(33)30-24)28-19-20-3-1-4-22(17-20)29-27(34)10-11-31-12-15-35-16-13-31/h1,3-4,7-8,17-18H,2,5-6,9-16,19H2,(H,28,32)(H,29,34)(H,30,33). The first kappa shape index (κ1) is 25.7. The van der Waals surface area contributed by atoms with Gasteiger partial charge in [-0.05, 0) is 54.3 Å². The first-order chi connectivity index (χ1) is 17.5. The van der Waals surface area contributed by atoms with Crippen molar-refractivity contribution in [3.63, 3.8) is 0 Å². The third kappa shape index (κ3) is 8.07. The van der Waals surface area contributed by atoms with Gasteiger partial charge in [-0.3, -0.25) is 19.3 Å². The highest BCUT2D eigenvalue weighted by Gasteiger charge is 2.15. The minimum atomic E-state index is -0.0493. The van der Waals surface area contributed by atoms with Gasteiger partial charge in [-0.1, -0.05) is 12.1 Å². The molecule has 1 fully saturated rings. The summed E-state index contributed by atoms with van der Waals surface area (Å²) in [4.78, 5) is 38.2. The molecular weight excluding hydrogens is 460 g/mol. The lowest BCUT2D eigenvalue weighted by atomic mass is 10.0. The van der Waals surface area contributed by atoms with Crippen molar-refractivity contribution < 1.29 is 23.9 Å². The lowest BCUT2D eigenvalue weighted by Gasteiger charge is -2.26. The van der Waals surface area contributed by atoms with Gasteiger partial charge in [-0.2, -0.15) is 0 Å². The van der Waals surface area contributed by atoms with E-state index in [1.165, 1.54) is 0 Å². The number of hydrogen-bond acceptors (Lipinski definition) is 6. The summed E-state index contributed by atoms with van der Waals surface area (Å²) in [6.07, 6.45) is 2.59. The van der Waals surface area contributed by atoms with Crippen LogP contribution in [0.5, 0.6) is 5.75 Å². The SMILES string of the molecule is O=C(CCCOc1ccc2c(c1)CCC(=O)N2)NCc1cccc(NC(=O)CCN2CCOCC2)c1. The molecule has 0 spiro atoms. The fourth-order valence-corrected chi connectivity index (χ4v) is 4.23. The number of ether oxygens (including phenoxy) is 2. The summed E-state index contributed by atoms with van der Waals surface area (Å²) in [6.45, 7) is 4.72. The van der Waals surface area contributed by atoms with Gasteiger partial charge in [0.15, 0.2) is 0 Å². The fourth-order valence-electron chi connectivity index (χ4n) is 4.23. The molecule has 192 valence electrons. The summed E-state index contributed by atoms with van der Waals surface area (Å²) >= 11 is 0. The molecule has 3 amide bonds. The number of fused-ring (bicyclic) bond motifs is 1. The predicted octanol–water partition coefficient (Wildman–Crippen LogP) is 2.71. The largest absolute Gasteiger partial charge is 0.494 e.